The Balaban J connectivity index is 2.96. The molecule has 1 rings (SSSR count). The van der Waals surface area contributed by atoms with Crippen LogP contribution in [0.25, 0.3) is 5.53 Å². The minimum absolute atomic E-state index is 0.382. The monoisotopic (exact) mass is 339 g/mol. The van der Waals surface area contributed by atoms with Crippen LogP contribution >= 0.6 is 0 Å². The lowest BCUT2D eigenvalue weighted by atomic mass is 9.85. The number of nitrogens with zero attached hydrogens (tertiary/aromatic N) is 3. The molecule has 8 heteroatoms. The third-order valence-electron chi connectivity index (χ3n) is 3.69. The fourth-order valence-corrected chi connectivity index (χ4v) is 2.59. The van der Waals surface area contributed by atoms with Gasteiger partial charge in [0.25, 0.3) is 0 Å². The van der Waals surface area contributed by atoms with E-state index in [-0.39, 0.29) is 5.91 Å². The Hall–Kier alpha value is -1.99. The molecule has 0 spiro atoms. The van der Waals surface area contributed by atoms with E-state index in [1.165, 1.54) is 4.90 Å². The first-order valence-electron chi connectivity index (χ1n) is 8.06. The summed E-state index contributed by atoms with van der Waals surface area (Å²) < 4.78 is 5.23. The second kappa shape index (κ2) is 7.27. The molecule has 1 saturated heterocycles. The molecule has 8 nitrogen and oxygen atoms in total. The van der Waals surface area contributed by atoms with Gasteiger partial charge in [-0.2, -0.15) is 0 Å². The lowest BCUT2D eigenvalue weighted by Crippen LogP contribution is -2.57. The van der Waals surface area contributed by atoms with Crippen LogP contribution in [0.1, 0.15) is 54.4 Å². The maximum absolute atomic E-state index is 12.9. The molecule has 0 unspecified atom stereocenters. The molecule has 0 aromatic heterocycles. The number of rotatable bonds is 3. The van der Waals surface area contributed by atoms with Gasteiger partial charge >= 0.3 is 6.09 Å². The summed E-state index contributed by atoms with van der Waals surface area (Å²) in [5.41, 5.74) is 7.45. The predicted molar refractivity (Wildman–Crippen MR) is 88.1 cm³/mol. The van der Waals surface area contributed by atoms with Gasteiger partial charge in [-0.15, -0.1) is 0 Å². The van der Waals surface area contributed by atoms with Gasteiger partial charge in [-0.1, -0.05) is 20.8 Å². The summed E-state index contributed by atoms with van der Waals surface area (Å²) in [5.74, 6) is -1.13. The molecule has 24 heavy (non-hydrogen) atoms. The van der Waals surface area contributed by atoms with Crippen LogP contribution in [0.5, 0.6) is 0 Å². The van der Waals surface area contributed by atoms with Crippen LogP contribution in [0.4, 0.5) is 4.79 Å². The van der Waals surface area contributed by atoms with E-state index in [2.05, 4.69) is 10.4 Å². The van der Waals surface area contributed by atoms with Gasteiger partial charge in [-0.05, 0) is 39.0 Å². The largest absolute Gasteiger partial charge is 0.704 e. The Morgan fingerprint density at radius 3 is 2.25 bits per heavy atom. The number of likely N-dealkylation sites (tertiary alicyclic amines) is 1. The summed E-state index contributed by atoms with van der Waals surface area (Å²) >= 11 is 0. The van der Waals surface area contributed by atoms with Crippen LogP contribution in [-0.2, 0) is 14.3 Å². The molecule has 0 saturated carbocycles. The molecule has 0 aromatic rings. The highest BCUT2D eigenvalue weighted by Crippen LogP contribution is 2.26. The predicted octanol–water partition coefficient (Wildman–Crippen LogP) is 2.46. The van der Waals surface area contributed by atoms with Crippen molar-refractivity contribution in [3.8, 4) is 0 Å². The molecule has 0 bridgehead atoms. The first-order valence-corrected chi connectivity index (χ1v) is 8.06. The fourth-order valence-electron chi connectivity index (χ4n) is 2.59. The van der Waals surface area contributed by atoms with Crippen molar-refractivity contribution < 1.29 is 19.1 Å². The van der Waals surface area contributed by atoms with E-state index >= 15 is 0 Å². The average Bonchev–Trinajstić information content (AvgIpc) is 2.89. The SMILES string of the molecule is CC(C)(C)OC(=O)N[C@H](C(=O)N1CCC[C@H]1C(=O)N=[N-])C(C)(C)C. The summed E-state index contributed by atoms with van der Waals surface area (Å²) in [6.07, 6.45) is 0.392. The minimum Gasteiger partial charge on any atom is -0.704 e. The van der Waals surface area contributed by atoms with Crippen LogP contribution < -0.4 is 5.32 Å². The highest BCUT2D eigenvalue weighted by Gasteiger charge is 2.41. The van der Waals surface area contributed by atoms with E-state index in [4.69, 9.17) is 10.3 Å². The van der Waals surface area contributed by atoms with E-state index < -0.39 is 35.1 Å². The summed E-state index contributed by atoms with van der Waals surface area (Å²) in [6, 6.07) is -1.65. The Morgan fingerprint density at radius 2 is 1.79 bits per heavy atom. The van der Waals surface area contributed by atoms with Crippen LogP contribution in [0.2, 0.25) is 0 Å². The van der Waals surface area contributed by atoms with E-state index in [9.17, 15) is 14.4 Å². The van der Waals surface area contributed by atoms with Gasteiger partial charge in [0.1, 0.15) is 17.7 Å². The number of carbonyl (C=O) groups excluding carboxylic acids is 3. The Bertz CT molecular complexity index is 519. The van der Waals surface area contributed by atoms with Crippen molar-refractivity contribution >= 4 is 17.9 Å². The summed E-state index contributed by atoms with van der Waals surface area (Å²) in [5, 5.41) is 5.30. The van der Waals surface area contributed by atoms with Gasteiger partial charge in [0, 0.05) is 6.54 Å². The second-order valence-electron chi connectivity index (χ2n) is 8.07. The number of carbonyl (C=O) groups is 3. The molecule has 136 valence electrons. The minimum atomic E-state index is -0.862. The summed E-state index contributed by atoms with van der Waals surface area (Å²) in [6.45, 7) is 11.0. The molecule has 0 aromatic carbocycles. The van der Waals surface area contributed by atoms with Gasteiger partial charge in [0.05, 0.1) is 0 Å². The van der Waals surface area contributed by atoms with Crippen LogP contribution in [0.15, 0.2) is 5.11 Å². The molecule has 1 fully saturated rings. The molecular weight excluding hydrogens is 312 g/mol. The average molecular weight is 339 g/mol. The molecule has 0 radical (unpaired) electrons. The Labute approximate surface area is 142 Å². The van der Waals surface area contributed by atoms with E-state index in [1.807, 2.05) is 20.8 Å². The quantitative estimate of drug-likeness (QED) is 0.796. The van der Waals surface area contributed by atoms with Crippen molar-refractivity contribution in [1.29, 1.82) is 0 Å². The lowest BCUT2D eigenvalue weighted by molar-refractivity contribution is -0.141. The van der Waals surface area contributed by atoms with Crippen molar-refractivity contribution in [1.82, 2.24) is 10.2 Å². The number of hydrogen-bond acceptors (Lipinski definition) is 4. The van der Waals surface area contributed by atoms with Crippen LogP contribution in [0.3, 0.4) is 0 Å². The van der Waals surface area contributed by atoms with Crippen molar-refractivity contribution in [2.75, 3.05) is 6.54 Å². The first kappa shape index (κ1) is 20.1. The fraction of sp³-hybridized carbons (Fsp3) is 0.812. The maximum Gasteiger partial charge on any atom is 0.408 e. The normalized spacial score (nSPS) is 19.6. The van der Waals surface area contributed by atoms with Gasteiger partial charge in [0.15, 0.2) is 0 Å². The van der Waals surface area contributed by atoms with Crippen molar-refractivity contribution in [2.24, 2.45) is 10.5 Å². The molecular formula is C16H27N4O4-. The molecule has 0 aliphatic carbocycles. The van der Waals surface area contributed by atoms with Gasteiger partial charge in [0.2, 0.25) is 11.8 Å². The number of alkyl carbamates (subject to hydrolysis) is 1. The molecule has 1 aliphatic heterocycles. The van der Waals surface area contributed by atoms with Crippen molar-refractivity contribution in [2.45, 2.75) is 72.1 Å². The van der Waals surface area contributed by atoms with E-state index in [0.717, 1.165) is 0 Å². The highest BCUT2D eigenvalue weighted by molar-refractivity contribution is 5.92. The summed E-state index contributed by atoms with van der Waals surface area (Å²) in [7, 11) is 0. The number of ether oxygens (including phenoxy) is 1. The molecule has 2 atom stereocenters. The van der Waals surface area contributed by atoms with Gasteiger partial charge in [-0.25, -0.2) is 4.79 Å². The Morgan fingerprint density at radius 1 is 1.21 bits per heavy atom. The standard InChI is InChI=1S/C16H27N4O4/c1-15(2,3)11(18-14(23)24-16(4,5)6)13(22)20-9-7-8-10(20)12(21)19-17/h10-11H,7-9H2,1-6H3,(H,18,23)/q-1/t10-,11+/m0/s1. The van der Waals surface area contributed by atoms with Crippen molar-refractivity contribution in [3.05, 3.63) is 5.53 Å². The molecule has 1 aliphatic rings. The third kappa shape index (κ3) is 5.28. The lowest BCUT2D eigenvalue weighted by Gasteiger charge is -2.35. The van der Waals surface area contributed by atoms with Crippen LogP contribution in [0, 0.1) is 5.41 Å². The zero-order chi connectivity index (χ0) is 18.7. The zero-order valence-corrected chi connectivity index (χ0v) is 15.3. The topological polar surface area (TPSA) is 110 Å². The number of hydrogen-bond donors (Lipinski definition) is 1. The molecule has 1 heterocycles. The third-order valence-corrected chi connectivity index (χ3v) is 3.69. The summed E-state index contributed by atoms with van der Waals surface area (Å²) in [4.78, 5) is 38.0. The molecule has 3 amide bonds. The zero-order valence-electron chi connectivity index (χ0n) is 15.3. The van der Waals surface area contributed by atoms with Gasteiger partial charge < -0.3 is 25.6 Å². The number of nitrogens with one attached hydrogen (secondary N) is 1. The number of amides is 3. The highest BCUT2D eigenvalue weighted by atomic mass is 16.6. The van der Waals surface area contributed by atoms with Crippen molar-refractivity contribution in [3.63, 3.8) is 0 Å². The smallest absolute Gasteiger partial charge is 0.408 e. The second-order valence-corrected chi connectivity index (χ2v) is 8.07. The first-order chi connectivity index (χ1) is 10.9. The maximum atomic E-state index is 12.9. The van der Waals surface area contributed by atoms with E-state index in [1.54, 1.807) is 20.8 Å². The van der Waals surface area contributed by atoms with Gasteiger partial charge in [-0.3, -0.25) is 9.59 Å². The molecule has 1 N–H and O–H groups in total. The Kier molecular flexibility index (Phi) is 6.08. The van der Waals surface area contributed by atoms with Crippen LogP contribution in [-0.4, -0.2) is 47.0 Å². The van der Waals surface area contributed by atoms with E-state index in [0.29, 0.717) is 19.4 Å².